The molecule has 1 fully saturated rings. The van der Waals surface area contributed by atoms with Crippen molar-refractivity contribution >= 4 is 11.6 Å². The van der Waals surface area contributed by atoms with Crippen LogP contribution in [0.5, 0.6) is 0 Å². The lowest BCUT2D eigenvalue weighted by Crippen LogP contribution is -2.33. The molecule has 5 heteroatoms. The minimum atomic E-state index is -0.601. The van der Waals surface area contributed by atoms with Gasteiger partial charge in [0.05, 0.1) is 5.60 Å². The molecule has 1 amide bonds. The van der Waals surface area contributed by atoms with E-state index in [4.69, 9.17) is 0 Å². The molecule has 1 aliphatic rings. The van der Waals surface area contributed by atoms with Gasteiger partial charge in [-0.3, -0.25) is 9.78 Å². The Balaban J connectivity index is 1.99. The number of amides is 1. The fraction of sp³-hybridized carbons (Fsp3) is 0.538. The normalized spacial score (nSPS) is 17.4. The summed E-state index contributed by atoms with van der Waals surface area (Å²) < 4.78 is 0. The molecule has 5 nitrogen and oxygen atoms in total. The Morgan fingerprint density at radius 3 is 2.89 bits per heavy atom. The molecule has 0 bridgehead atoms. The molecule has 1 aromatic rings. The molecule has 0 radical (unpaired) electrons. The third-order valence-corrected chi connectivity index (χ3v) is 3.38. The van der Waals surface area contributed by atoms with Gasteiger partial charge in [-0.1, -0.05) is 12.8 Å². The fourth-order valence-electron chi connectivity index (χ4n) is 2.27. The Labute approximate surface area is 107 Å². The summed E-state index contributed by atoms with van der Waals surface area (Å²) in [5, 5.41) is 15.9. The number of hydrogen-bond donors (Lipinski definition) is 3. The van der Waals surface area contributed by atoms with Gasteiger partial charge in [0.15, 0.2) is 0 Å². The van der Waals surface area contributed by atoms with E-state index in [0.717, 1.165) is 31.4 Å². The molecule has 18 heavy (non-hydrogen) atoms. The van der Waals surface area contributed by atoms with E-state index in [0.29, 0.717) is 12.2 Å². The van der Waals surface area contributed by atoms with Crippen molar-refractivity contribution in [2.24, 2.45) is 0 Å². The van der Waals surface area contributed by atoms with Crippen molar-refractivity contribution in [1.29, 1.82) is 0 Å². The number of aliphatic hydroxyl groups is 1. The molecular weight excluding hydrogens is 230 g/mol. The predicted molar refractivity (Wildman–Crippen MR) is 69.5 cm³/mol. The van der Waals surface area contributed by atoms with Gasteiger partial charge >= 0.3 is 0 Å². The third-order valence-electron chi connectivity index (χ3n) is 3.38. The summed E-state index contributed by atoms with van der Waals surface area (Å²) in [6.07, 6.45) is 5.43. The summed E-state index contributed by atoms with van der Waals surface area (Å²) in [7, 11) is 1.57. The van der Waals surface area contributed by atoms with Crippen molar-refractivity contribution in [3.8, 4) is 0 Å². The summed E-state index contributed by atoms with van der Waals surface area (Å²) in [4.78, 5) is 15.4. The number of aromatic nitrogens is 1. The van der Waals surface area contributed by atoms with Crippen molar-refractivity contribution in [1.82, 2.24) is 10.3 Å². The molecule has 98 valence electrons. The smallest absolute Gasteiger partial charge is 0.269 e. The molecule has 1 aromatic heterocycles. The van der Waals surface area contributed by atoms with Crippen LogP contribution in [0.2, 0.25) is 0 Å². The van der Waals surface area contributed by atoms with Crippen molar-refractivity contribution in [3.05, 3.63) is 24.0 Å². The Hall–Kier alpha value is -1.62. The zero-order valence-corrected chi connectivity index (χ0v) is 10.6. The molecule has 2 rings (SSSR count). The van der Waals surface area contributed by atoms with E-state index in [1.807, 2.05) is 0 Å². The van der Waals surface area contributed by atoms with Gasteiger partial charge in [-0.25, -0.2) is 0 Å². The summed E-state index contributed by atoms with van der Waals surface area (Å²) >= 11 is 0. The lowest BCUT2D eigenvalue weighted by molar-refractivity contribution is 0.0615. The molecule has 0 unspecified atom stereocenters. The minimum Gasteiger partial charge on any atom is -0.388 e. The highest BCUT2D eigenvalue weighted by molar-refractivity contribution is 5.92. The van der Waals surface area contributed by atoms with Gasteiger partial charge in [-0.15, -0.1) is 0 Å². The summed E-state index contributed by atoms with van der Waals surface area (Å²) in [5.74, 6) is -0.210. The highest BCUT2D eigenvalue weighted by Gasteiger charge is 2.30. The third kappa shape index (κ3) is 2.98. The van der Waals surface area contributed by atoms with Gasteiger partial charge in [0.25, 0.3) is 5.91 Å². The van der Waals surface area contributed by atoms with Gasteiger partial charge in [0, 0.05) is 25.5 Å². The van der Waals surface area contributed by atoms with Gasteiger partial charge < -0.3 is 15.7 Å². The first-order valence-electron chi connectivity index (χ1n) is 6.27. The highest BCUT2D eigenvalue weighted by atomic mass is 16.3. The largest absolute Gasteiger partial charge is 0.388 e. The number of pyridine rings is 1. The van der Waals surface area contributed by atoms with Gasteiger partial charge in [-0.2, -0.15) is 0 Å². The van der Waals surface area contributed by atoms with Crippen LogP contribution in [0.4, 0.5) is 5.69 Å². The number of carbonyl (C=O) groups excluding carboxylic acids is 1. The second kappa shape index (κ2) is 5.35. The summed E-state index contributed by atoms with van der Waals surface area (Å²) in [6, 6.07) is 3.49. The summed E-state index contributed by atoms with van der Waals surface area (Å²) in [6.45, 7) is 0.518. The molecule has 1 aliphatic carbocycles. The lowest BCUT2D eigenvalue weighted by Gasteiger charge is -2.23. The lowest BCUT2D eigenvalue weighted by atomic mass is 10.0. The van der Waals surface area contributed by atoms with Crippen LogP contribution < -0.4 is 10.6 Å². The van der Waals surface area contributed by atoms with E-state index >= 15 is 0 Å². The Morgan fingerprint density at radius 1 is 1.50 bits per heavy atom. The molecule has 0 aliphatic heterocycles. The maximum atomic E-state index is 11.4. The molecular formula is C13H19N3O2. The Bertz CT molecular complexity index is 428. The van der Waals surface area contributed by atoms with Crippen LogP contribution in [0.1, 0.15) is 36.2 Å². The quantitative estimate of drug-likeness (QED) is 0.748. The molecule has 0 spiro atoms. The van der Waals surface area contributed by atoms with Crippen LogP contribution in [0, 0.1) is 0 Å². The number of hydrogen-bond acceptors (Lipinski definition) is 4. The maximum Gasteiger partial charge on any atom is 0.269 e. The Morgan fingerprint density at radius 2 is 2.22 bits per heavy atom. The highest BCUT2D eigenvalue weighted by Crippen LogP contribution is 2.29. The number of nitrogens with zero attached hydrogens (tertiary/aromatic N) is 1. The van der Waals surface area contributed by atoms with Crippen LogP contribution in [-0.2, 0) is 0 Å². The first-order chi connectivity index (χ1) is 8.63. The van der Waals surface area contributed by atoms with Crippen LogP contribution in [0.3, 0.4) is 0 Å². The van der Waals surface area contributed by atoms with E-state index < -0.39 is 5.60 Å². The molecule has 0 atom stereocenters. The van der Waals surface area contributed by atoms with Crippen molar-refractivity contribution < 1.29 is 9.90 Å². The maximum absolute atomic E-state index is 11.4. The number of rotatable bonds is 4. The molecule has 3 N–H and O–H groups in total. The number of nitrogens with one attached hydrogen (secondary N) is 2. The molecule has 0 saturated heterocycles. The second-order valence-electron chi connectivity index (χ2n) is 4.79. The topological polar surface area (TPSA) is 74.2 Å². The Kier molecular flexibility index (Phi) is 3.81. The number of carbonyl (C=O) groups is 1. The predicted octanol–water partition coefficient (Wildman–Crippen LogP) is 1.16. The zero-order chi connectivity index (χ0) is 13.0. The second-order valence-corrected chi connectivity index (χ2v) is 4.79. The zero-order valence-electron chi connectivity index (χ0n) is 10.6. The average molecular weight is 249 g/mol. The van der Waals surface area contributed by atoms with Crippen molar-refractivity contribution in [2.75, 3.05) is 18.9 Å². The molecule has 1 saturated carbocycles. The van der Waals surface area contributed by atoms with E-state index in [1.54, 1.807) is 25.4 Å². The van der Waals surface area contributed by atoms with Crippen LogP contribution in [0.25, 0.3) is 0 Å². The summed E-state index contributed by atoms with van der Waals surface area (Å²) in [5.41, 5.74) is 0.584. The van der Waals surface area contributed by atoms with E-state index in [2.05, 4.69) is 15.6 Å². The van der Waals surface area contributed by atoms with E-state index in [-0.39, 0.29) is 5.91 Å². The van der Waals surface area contributed by atoms with Gasteiger partial charge in [0.2, 0.25) is 0 Å². The first-order valence-corrected chi connectivity index (χ1v) is 6.27. The van der Waals surface area contributed by atoms with Crippen LogP contribution >= 0.6 is 0 Å². The fourth-order valence-corrected chi connectivity index (χ4v) is 2.27. The first kappa shape index (κ1) is 12.8. The van der Waals surface area contributed by atoms with Crippen molar-refractivity contribution in [2.45, 2.75) is 31.3 Å². The average Bonchev–Trinajstić information content (AvgIpc) is 2.83. The monoisotopic (exact) mass is 249 g/mol. The SMILES string of the molecule is CNC(=O)c1cc(NCC2(O)CCCC2)ccn1. The van der Waals surface area contributed by atoms with E-state index in [9.17, 15) is 9.90 Å². The molecule has 1 heterocycles. The van der Waals surface area contributed by atoms with E-state index in [1.165, 1.54) is 0 Å². The van der Waals surface area contributed by atoms with Crippen LogP contribution in [0.15, 0.2) is 18.3 Å². The minimum absolute atomic E-state index is 0.210. The van der Waals surface area contributed by atoms with Gasteiger partial charge in [-0.05, 0) is 25.0 Å². The standard InChI is InChI=1S/C13H19N3O2/c1-14-12(17)11-8-10(4-7-15-11)16-9-13(18)5-2-3-6-13/h4,7-8,18H,2-3,5-6,9H2,1H3,(H,14,17)(H,15,16). The number of anilines is 1. The van der Waals surface area contributed by atoms with Crippen LogP contribution in [-0.4, -0.2) is 35.2 Å². The molecule has 0 aromatic carbocycles. The van der Waals surface area contributed by atoms with Crippen molar-refractivity contribution in [3.63, 3.8) is 0 Å². The van der Waals surface area contributed by atoms with Gasteiger partial charge in [0.1, 0.15) is 5.69 Å².